The van der Waals surface area contributed by atoms with E-state index >= 15 is 0 Å². The molecule has 0 N–H and O–H groups in total. The quantitative estimate of drug-likeness (QED) is 0.795. The summed E-state index contributed by atoms with van der Waals surface area (Å²) < 4.78 is 7.00. The monoisotopic (exact) mass is 275 g/mol. The van der Waals surface area contributed by atoms with Crippen LogP contribution in [0, 0.1) is 17.8 Å². The van der Waals surface area contributed by atoms with Gasteiger partial charge in [0.15, 0.2) is 5.69 Å². The van der Waals surface area contributed by atoms with Gasteiger partial charge in [0.05, 0.1) is 18.3 Å². The lowest BCUT2D eigenvalue weighted by Gasteiger charge is -2.56. The van der Waals surface area contributed by atoms with Gasteiger partial charge in [0, 0.05) is 0 Å². The number of ether oxygens (including phenoxy) is 1. The molecule has 0 spiro atoms. The van der Waals surface area contributed by atoms with Crippen molar-refractivity contribution in [1.82, 2.24) is 15.0 Å². The van der Waals surface area contributed by atoms with Crippen molar-refractivity contribution < 1.29 is 9.53 Å². The van der Waals surface area contributed by atoms with Crippen LogP contribution in [0.2, 0.25) is 0 Å². The summed E-state index contributed by atoms with van der Waals surface area (Å²) in [4.78, 5) is 11.7. The molecule has 4 saturated carbocycles. The minimum atomic E-state index is -0.358. The van der Waals surface area contributed by atoms with Crippen molar-refractivity contribution in [2.75, 3.05) is 6.61 Å². The van der Waals surface area contributed by atoms with Gasteiger partial charge in [-0.3, -0.25) is 0 Å². The maximum atomic E-state index is 11.7. The largest absolute Gasteiger partial charge is 0.461 e. The van der Waals surface area contributed by atoms with Crippen LogP contribution in [0.4, 0.5) is 0 Å². The van der Waals surface area contributed by atoms with Gasteiger partial charge in [0.1, 0.15) is 0 Å². The first-order valence-corrected chi connectivity index (χ1v) is 7.78. The topological polar surface area (TPSA) is 57.0 Å². The Morgan fingerprint density at radius 3 is 2.45 bits per heavy atom. The average molecular weight is 275 g/mol. The molecule has 0 atom stereocenters. The van der Waals surface area contributed by atoms with Gasteiger partial charge in [-0.25, -0.2) is 9.48 Å². The molecule has 20 heavy (non-hydrogen) atoms. The standard InChI is InChI=1S/C15H21N3O2/c1-2-20-14(19)13-9-18(17-16-13)15-6-10-3-11(7-15)5-12(4-10)8-15/h9-12H,2-8H2,1H3. The van der Waals surface area contributed by atoms with Gasteiger partial charge in [-0.05, 0) is 63.2 Å². The van der Waals surface area contributed by atoms with Crippen LogP contribution in [0.5, 0.6) is 0 Å². The molecule has 1 aromatic rings. The predicted octanol–water partition coefficient (Wildman–Crippen LogP) is 2.38. The fourth-order valence-electron chi connectivity index (χ4n) is 5.14. The number of aromatic nitrogens is 3. The van der Waals surface area contributed by atoms with Gasteiger partial charge in [-0.15, -0.1) is 5.10 Å². The van der Waals surface area contributed by atoms with Crippen LogP contribution in [0.15, 0.2) is 6.20 Å². The van der Waals surface area contributed by atoms with E-state index < -0.39 is 0 Å². The number of carbonyl (C=O) groups is 1. The van der Waals surface area contributed by atoms with E-state index in [-0.39, 0.29) is 11.5 Å². The van der Waals surface area contributed by atoms with Gasteiger partial charge in [-0.2, -0.15) is 0 Å². The third-order valence-corrected chi connectivity index (χ3v) is 5.47. The Labute approximate surface area is 118 Å². The Morgan fingerprint density at radius 2 is 1.90 bits per heavy atom. The average Bonchev–Trinajstić information content (AvgIpc) is 2.87. The van der Waals surface area contributed by atoms with E-state index in [2.05, 4.69) is 10.3 Å². The highest BCUT2D eigenvalue weighted by Crippen LogP contribution is 2.58. The van der Waals surface area contributed by atoms with E-state index in [0.717, 1.165) is 17.8 Å². The molecule has 0 radical (unpaired) electrons. The summed E-state index contributed by atoms with van der Waals surface area (Å²) in [7, 11) is 0. The second-order valence-electron chi connectivity index (χ2n) is 6.91. The maximum Gasteiger partial charge on any atom is 0.360 e. The first-order chi connectivity index (χ1) is 9.68. The molecule has 4 aliphatic carbocycles. The molecule has 0 unspecified atom stereocenters. The highest BCUT2D eigenvalue weighted by Gasteiger charge is 2.52. The molecule has 4 aliphatic rings. The second kappa shape index (κ2) is 4.30. The van der Waals surface area contributed by atoms with E-state index in [9.17, 15) is 4.79 Å². The van der Waals surface area contributed by atoms with Gasteiger partial charge >= 0.3 is 5.97 Å². The van der Waals surface area contributed by atoms with Crippen LogP contribution in [0.25, 0.3) is 0 Å². The number of rotatable bonds is 3. The van der Waals surface area contributed by atoms with E-state index in [4.69, 9.17) is 4.74 Å². The zero-order chi connectivity index (χ0) is 13.7. The Hall–Kier alpha value is -1.39. The molecule has 5 rings (SSSR count). The van der Waals surface area contributed by atoms with Gasteiger partial charge < -0.3 is 4.74 Å². The van der Waals surface area contributed by atoms with Crippen LogP contribution >= 0.6 is 0 Å². The van der Waals surface area contributed by atoms with E-state index in [0.29, 0.717) is 12.3 Å². The smallest absolute Gasteiger partial charge is 0.360 e. The van der Waals surface area contributed by atoms with Gasteiger partial charge in [-0.1, -0.05) is 5.21 Å². The summed E-state index contributed by atoms with van der Waals surface area (Å²) in [6, 6.07) is 0. The highest BCUT2D eigenvalue weighted by atomic mass is 16.5. The fraction of sp³-hybridized carbons (Fsp3) is 0.800. The molecule has 4 fully saturated rings. The lowest BCUT2D eigenvalue weighted by atomic mass is 9.53. The Kier molecular flexibility index (Phi) is 2.66. The predicted molar refractivity (Wildman–Crippen MR) is 72.1 cm³/mol. The first-order valence-electron chi connectivity index (χ1n) is 7.78. The molecular weight excluding hydrogens is 254 g/mol. The summed E-state index contributed by atoms with van der Waals surface area (Å²) in [5.74, 6) is 2.22. The van der Waals surface area contributed by atoms with Crippen molar-refractivity contribution in [2.24, 2.45) is 17.8 Å². The number of hydrogen-bond acceptors (Lipinski definition) is 4. The van der Waals surface area contributed by atoms with E-state index in [1.807, 2.05) is 10.9 Å². The molecule has 4 bridgehead atoms. The lowest BCUT2D eigenvalue weighted by Crippen LogP contribution is -2.52. The molecule has 0 aromatic carbocycles. The van der Waals surface area contributed by atoms with E-state index in [1.54, 1.807) is 6.92 Å². The molecule has 0 aliphatic heterocycles. The van der Waals surface area contributed by atoms with Crippen LogP contribution in [-0.4, -0.2) is 27.6 Å². The Balaban J connectivity index is 1.62. The van der Waals surface area contributed by atoms with Crippen LogP contribution in [0.1, 0.15) is 55.9 Å². The van der Waals surface area contributed by atoms with Crippen molar-refractivity contribution in [3.05, 3.63) is 11.9 Å². The summed E-state index contributed by atoms with van der Waals surface area (Å²) >= 11 is 0. The third kappa shape index (κ3) is 1.79. The molecule has 0 saturated heterocycles. The number of esters is 1. The molecule has 0 amide bonds. The van der Waals surface area contributed by atoms with Crippen LogP contribution in [0.3, 0.4) is 0 Å². The summed E-state index contributed by atoms with van der Waals surface area (Å²) in [5, 5.41) is 8.31. The van der Waals surface area contributed by atoms with Crippen molar-refractivity contribution >= 4 is 5.97 Å². The van der Waals surface area contributed by atoms with Crippen molar-refractivity contribution in [2.45, 2.75) is 51.0 Å². The van der Waals surface area contributed by atoms with Crippen LogP contribution < -0.4 is 0 Å². The van der Waals surface area contributed by atoms with Gasteiger partial charge in [0.25, 0.3) is 0 Å². The summed E-state index contributed by atoms with van der Waals surface area (Å²) in [6.45, 7) is 2.18. The zero-order valence-electron chi connectivity index (χ0n) is 11.9. The van der Waals surface area contributed by atoms with E-state index in [1.165, 1.54) is 38.5 Å². The summed E-state index contributed by atoms with van der Waals surface area (Å²) in [5.41, 5.74) is 0.481. The fourth-order valence-corrected chi connectivity index (χ4v) is 5.14. The molecule has 1 aromatic heterocycles. The highest BCUT2D eigenvalue weighted by molar-refractivity contribution is 5.86. The lowest BCUT2D eigenvalue weighted by molar-refractivity contribution is -0.0502. The zero-order valence-corrected chi connectivity index (χ0v) is 11.9. The van der Waals surface area contributed by atoms with Crippen molar-refractivity contribution in [3.63, 3.8) is 0 Å². The van der Waals surface area contributed by atoms with Crippen molar-refractivity contribution in [3.8, 4) is 0 Å². The summed E-state index contributed by atoms with van der Waals surface area (Å²) in [6.07, 6.45) is 9.65. The normalized spacial score (nSPS) is 38.1. The molecule has 5 heteroatoms. The van der Waals surface area contributed by atoms with Crippen molar-refractivity contribution in [1.29, 1.82) is 0 Å². The Bertz CT molecular complexity index is 502. The minimum Gasteiger partial charge on any atom is -0.461 e. The minimum absolute atomic E-state index is 0.131. The molecular formula is C15H21N3O2. The third-order valence-electron chi connectivity index (χ3n) is 5.47. The maximum absolute atomic E-state index is 11.7. The molecule has 108 valence electrons. The Morgan fingerprint density at radius 1 is 1.30 bits per heavy atom. The van der Waals surface area contributed by atoms with Gasteiger partial charge in [0.2, 0.25) is 0 Å². The first kappa shape index (κ1) is 12.4. The van der Waals surface area contributed by atoms with Crippen LogP contribution in [-0.2, 0) is 10.3 Å². The SMILES string of the molecule is CCOC(=O)c1cn(C23CC4CC(CC(C4)C2)C3)nn1. The number of carbonyl (C=O) groups excluding carboxylic acids is 1. The number of nitrogens with zero attached hydrogens (tertiary/aromatic N) is 3. The molecule has 5 nitrogen and oxygen atoms in total. The number of hydrogen-bond donors (Lipinski definition) is 0. The molecule has 1 heterocycles. The second-order valence-corrected chi connectivity index (χ2v) is 6.91.